The van der Waals surface area contributed by atoms with Gasteiger partial charge in [0.1, 0.15) is 0 Å². The van der Waals surface area contributed by atoms with E-state index >= 15 is 0 Å². The molecule has 0 heterocycles. The zero-order valence-electron chi connectivity index (χ0n) is 12.4. The summed E-state index contributed by atoms with van der Waals surface area (Å²) in [5.41, 5.74) is 0. The lowest BCUT2D eigenvalue weighted by molar-refractivity contribution is 0.152. The van der Waals surface area contributed by atoms with Gasteiger partial charge in [-0.15, -0.1) is 0 Å². The molecule has 1 atom stereocenters. The van der Waals surface area contributed by atoms with E-state index in [4.69, 9.17) is 0 Å². The molecule has 0 aromatic heterocycles. The second-order valence-electron chi connectivity index (χ2n) is 5.65. The maximum atomic E-state index is 9.53. The Labute approximate surface area is 109 Å². The fourth-order valence-corrected chi connectivity index (χ4v) is 2.58. The Morgan fingerprint density at radius 3 is 1.59 bits per heavy atom. The molecule has 0 aliphatic rings. The van der Waals surface area contributed by atoms with E-state index in [1.165, 1.54) is 64.2 Å². The van der Waals surface area contributed by atoms with Gasteiger partial charge in [-0.1, -0.05) is 78.1 Å². The van der Waals surface area contributed by atoms with Crippen LogP contribution in [0.2, 0.25) is 0 Å². The lowest BCUT2D eigenvalue weighted by Gasteiger charge is -2.18. The van der Waals surface area contributed by atoms with Gasteiger partial charge in [-0.2, -0.15) is 0 Å². The molecule has 104 valence electrons. The van der Waals surface area contributed by atoms with Crippen LogP contribution in [0.5, 0.6) is 0 Å². The molecule has 0 fully saturated rings. The van der Waals surface area contributed by atoms with E-state index in [9.17, 15) is 5.11 Å². The minimum atomic E-state index is -0.114. The van der Waals surface area contributed by atoms with E-state index in [0.717, 1.165) is 12.3 Å². The number of hydrogen-bond donors (Lipinski definition) is 1. The summed E-state index contributed by atoms with van der Waals surface area (Å²) in [7, 11) is 0. The third-order valence-electron chi connectivity index (χ3n) is 3.61. The summed E-state index contributed by atoms with van der Waals surface area (Å²) in [4.78, 5) is 0. The van der Waals surface area contributed by atoms with Crippen LogP contribution < -0.4 is 0 Å². The van der Waals surface area contributed by atoms with Gasteiger partial charge in [0.2, 0.25) is 0 Å². The normalized spacial score (nSPS) is 13.2. The maximum absolute atomic E-state index is 9.53. The monoisotopic (exact) mass is 242 g/mol. The third kappa shape index (κ3) is 12.2. The highest BCUT2D eigenvalue weighted by Gasteiger charge is 2.11. The quantitative estimate of drug-likeness (QED) is 0.460. The SMILES string of the molecule is CCCCCCC(CCCCCC)C[C@@H](C)O. The molecule has 0 aliphatic carbocycles. The molecule has 0 saturated carbocycles. The predicted molar refractivity (Wildman–Crippen MR) is 77.3 cm³/mol. The second kappa shape index (κ2) is 12.4. The Hall–Kier alpha value is -0.0400. The average Bonchev–Trinajstić information content (AvgIpc) is 2.29. The molecule has 0 amide bonds. The van der Waals surface area contributed by atoms with E-state index in [2.05, 4.69) is 13.8 Å². The lowest BCUT2D eigenvalue weighted by atomic mass is 9.90. The topological polar surface area (TPSA) is 20.2 Å². The summed E-state index contributed by atoms with van der Waals surface area (Å²) >= 11 is 0. The van der Waals surface area contributed by atoms with Crippen molar-refractivity contribution in [3.8, 4) is 0 Å². The Kier molecular flexibility index (Phi) is 12.4. The summed E-state index contributed by atoms with van der Waals surface area (Å²) in [6, 6.07) is 0. The van der Waals surface area contributed by atoms with Crippen LogP contribution in [0.3, 0.4) is 0 Å². The van der Waals surface area contributed by atoms with Gasteiger partial charge in [0, 0.05) is 0 Å². The molecule has 17 heavy (non-hydrogen) atoms. The van der Waals surface area contributed by atoms with Crippen LogP contribution in [-0.4, -0.2) is 11.2 Å². The minimum Gasteiger partial charge on any atom is -0.393 e. The van der Waals surface area contributed by atoms with Crippen molar-refractivity contribution in [3.63, 3.8) is 0 Å². The highest BCUT2D eigenvalue weighted by Crippen LogP contribution is 2.22. The maximum Gasteiger partial charge on any atom is 0.0514 e. The van der Waals surface area contributed by atoms with Crippen LogP contribution in [0.25, 0.3) is 0 Å². The van der Waals surface area contributed by atoms with Crippen molar-refractivity contribution in [2.45, 2.75) is 97.5 Å². The van der Waals surface area contributed by atoms with Gasteiger partial charge in [-0.25, -0.2) is 0 Å². The molecule has 0 aromatic carbocycles. The van der Waals surface area contributed by atoms with Crippen molar-refractivity contribution in [3.05, 3.63) is 0 Å². The Balaban J connectivity index is 3.64. The molecule has 0 spiro atoms. The molecular weight excluding hydrogens is 208 g/mol. The first-order valence-corrected chi connectivity index (χ1v) is 7.88. The molecule has 0 bridgehead atoms. The smallest absolute Gasteiger partial charge is 0.0514 e. The summed E-state index contributed by atoms with van der Waals surface area (Å²) in [6.45, 7) is 6.46. The van der Waals surface area contributed by atoms with Crippen molar-refractivity contribution in [2.75, 3.05) is 0 Å². The van der Waals surface area contributed by atoms with Gasteiger partial charge < -0.3 is 5.11 Å². The number of aliphatic hydroxyl groups excluding tert-OH is 1. The average molecular weight is 242 g/mol. The Bertz CT molecular complexity index is 130. The van der Waals surface area contributed by atoms with Gasteiger partial charge >= 0.3 is 0 Å². The first-order valence-electron chi connectivity index (χ1n) is 7.88. The minimum absolute atomic E-state index is 0.114. The van der Waals surface area contributed by atoms with Gasteiger partial charge in [0.05, 0.1) is 6.10 Å². The Morgan fingerprint density at radius 1 is 0.765 bits per heavy atom. The van der Waals surface area contributed by atoms with Crippen LogP contribution in [-0.2, 0) is 0 Å². The number of hydrogen-bond acceptors (Lipinski definition) is 1. The zero-order chi connectivity index (χ0) is 12.9. The fourth-order valence-electron chi connectivity index (χ4n) is 2.58. The molecule has 1 heteroatoms. The van der Waals surface area contributed by atoms with Gasteiger partial charge in [0.25, 0.3) is 0 Å². The molecule has 0 aromatic rings. The first-order chi connectivity index (χ1) is 8.20. The van der Waals surface area contributed by atoms with E-state index in [0.29, 0.717) is 0 Å². The number of aliphatic hydroxyl groups is 1. The van der Waals surface area contributed by atoms with E-state index in [-0.39, 0.29) is 6.10 Å². The van der Waals surface area contributed by atoms with E-state index in [1.54, 1.807) is 0 Å². The second-order valence-corrected chi connectivity index (χ2v) is 5.65. The molecule has 0 radical (unpaired) electrons. The molecule has 0 aliphatic heterocycles. The van der Waals surface area contributed by atoms with Gasteiger partial charge in [0.15, 0.2) is 0 Å². The van der Waals surface area contributed by atoms with Crippen LogP contribution >= 0.6 is 0 Å². The van der Waals surface area contributed by atoms with E-state index in [1.807, 2.05) is 6.92 Å². The lowest BCUT2D eigenvalue weighted by Crippen LogP contribution is -2.10. The summed E-state index contributed by atoms with van der Waals surface area (Å²) in [5.74, 6) is 0.767. The molecule has 0 unspecified atom stereocenters. The van der Waals surface area contributed by atoms with Gasteiger partial charge in [-0.05, 0) is 19.3 Å². The van der Waals surface area contributed by atoms with E-state index < -0.39 is 0 Å². The molecule has 1 N–H and O–H groups in total. The summed E-state index contributed by atoms with van der Waals surface area (Å²) in [5, 5.41) is 9.53. The summed E-state index contributed by atoms with van der Waals surface area (Å²) < 4.78 is 0. The largest absolute Gasteiger partial charge is 0.393 e. The highest BCUT2D eigenvalue weighted by atomic mass is 16.3. The summed E-state index contributed by atoms with van der Waals surface area (Å²) in [6.07, 6.45) is 14.4. The van der Waals surface area contributed by atoms with Crippen LogP contribution in [0.4, 0.5) is 0 Å². The molecule has 0 saturated heterocycles. The van der Waals surface area contributed by atoms with Crippen LogP contribution in [0, 0.1) is 5.92 Å². The standard InChI is InChI=1S/C16H34O/c1-4-6-8-10-12-16(14-15(3)17)13-11-9-7-5-2/h15-17H,4-14H2,1-3H3/t15-/m1/s1. The fraction of sp³-hybridized carbons (Fsp3) is 1.00. The van der Waals surface area contributed by atoms with Crippen molar-refractivity contribution < 1.29 is 5.11 Å². The molecule has 1 nitrogen and oxygen atoms in total. The van der Waals surface area contributed by atoms with Crippen LogP contribution in [0.15, 0.2) is 0 Å². The van der Waals surface area contributed by atoms with Crippen LogP contribution in [0.1, 0.15) is 91.4 Å². The first kappa shape index (κ1) is 17.0. The third-order valence-corrected chi connectivity index (χ3v) is 3.61. The van der Waals surface area contributed by atoms with Crippen molar-refractivity contribution >= 4 is 0 Å². The molecule has 0 rings (SSSR count). The number of rotatable bonds is 12. The molecular formula is C16H34O. The zero-order valence-corrected chi connectivity index (χ0v) is 12.4. The van der Waals surface area contributed by atoms with Gasteiger partial charge in [-0.3, -0.25) is 0 Å². The van der Waals surface area contributed by atoms with Crippen molar-refractivity contribution in [1.29, 1.82) is 0 Å². The van der Waals surface area contributed by atoms with Crippen molar-refractivity contribution in [2.24, 2.45) is 5.92 Å². The predicted octanol–water partition coefficient (Wildman–Crippen LogP) is 5.31. The van der Waals surface area contributed by atoms with Crippen molar-refractivity contribution in [1.82, 2.24) is 0 Å². The Morgan fingerprint density at radius 2 is 1.24 bits per heavy atom. The highest BCUT2D eigenvalue weighted by molar-refractivity contribution is 4.63. The number of unbranched alkanes of at least 4 members (excludes halogenated alkanes) is 6.